The summed E-state index contributed by atoms with van der Waals surface area (Å²) in [6.45, 7) is 1.65. The molecular weight excluding hydrogens is 232 g/mol. The molecule has 2 aromatic rings. The average Bonchev–Trinajstić information content (AvgIpc) is 2.96. The van der Waals surface area contributed by atoms with Gasteiger partial charge in [0.2, 0.25) is 5.95 Å². The van der Waals surface area contributed by atoms with E-state index in [4.69, 9.17) is 10.5 Å². The summed E-state index contributed by atoms with van der Waals surface area (Å²) in [5.41, 5.74) is 7.19. The van der Waals surface area contributed by atoms with Gasteiger partial charge >= 0.3 is 0 Å². The van der Waals surface area contributed by atoms with Crippen LogP contribution in [0.4, 0.5) is 11.8 Å². The van der Waals surface area contributed by atoms with Crippen molar-refractivity contribution in [3.8, 4) is 0 Å². The molecule has 0 bridgehead atoms. The van der Waals surface area contributed by atoms with E-state index in [1.807, 2.05) is 0 Å². The van der Waals surface area contributed by atoms with Crippen molar-refractivity contribution in [2.45, 2.75) is 18.9 Å². The first-order valence-corrected chi connectivity index (χ1v) is 6.02. The highest BCUT2D eigenvalue weighted by molar-refractivity contribution is 5.84. The molecule has 0 aliphatic carbocycles. The molecule has 96 valence electrons. The molecule has 2 aromatic heterocycles. The van der Waals surface area contributed by atoms with E-state index < -0.39 is 0 Å². The largest absolute Gasteiger partial charge is 0.383 e. The minimum Gasteiger partial charge on any atom is -0.383 e. The summed E-state index contributed by atoms with van der Waals surface area (Å²) < 4.78 is 5.26. The molecule has 0 aromatic carbocycles. The van der Waals surface area contributed by atoms with Crippen LogP contribution in [0.3, 0.4) is 0 Å². The number of hydrogen-bond donors (Lipinski definition) is 2. The SMILES string of the molecule is COC[C@@H]1CCCN1c1nc(N)nc2nc[nH]c12. The summed E-state index contributed by atoms with van der Waals surface area (Å²) in [5, 5.41) is 0. The van der Waals surface area contributed by atoms with Crippen LogP contribution in [0.5, 0.6) is 0 Å². The minimum absolute atomic E-state index is 0.257. The predicted molar refractivity (Wildman–Crippen MR) is 68.3 cm³/mol. The van der Waals surface area contributed by atoms with E-state index in [2.05, 4.69) is 24.8 Å². The minimum atomic E-state index is 0.257. The van der Waals surface area contributed by atoms with Gasteiger partial charge < -0.3 is 20.4 Å². The molecule has 1 fully saturated rings. The summed E-state index contributed by atoms with van der Waals surface area (Å²) in [5.74, 6) is 1.09. The number of H-pyrrole nitrogens is 1. The monoisotopic (exact) mass is 248 g/mol. The van der Waals surface area contributed by atoms with Crippen LogP contribution in [0, 0.1) is 0 Å². The van der Waals surface area contributed by atoms with Gasteiger partial charge in [-0.25, -0.2) is 4.98 Å². The maximum atomic E-state index is 5.74. The maximum Gasteiger partial charge on any atom is 0.224 e. The highest BCUT2D eigenvalue weighted by Gasteiger charge is 2.28. The van der Waals surface area contributed by atoms with E-state index in [-0.39, 0.29) is 5.95 Å². The van der Waals surface area contributed by atoms with E-state index in [0.717, 1.165) is 30.7 Å². The number of nitrogens with zero attached hydrogens (tertiary/aromatic N) is 4. The molecule has 0 saturated carbocycles. The molecule has 1 atom stereocenters. The average molecular weight is 248 g/mol. The van der Waals surface area contributed by atoms with Crippen LogP contribution >= 0.6 is 0 Å². The molecule has 0 unspecified atom stereocenters. The lowest BCUT2D eigenvalue weighted by molar-refractivity contribution is 0.180. The number of hydrogen-bond acceptors (Lipinski definition) is 6. The number of aromatic nitrogens is 4. The third-order valence-electron chi connectivity index (χ3n) is 3.29. The lowest BCUT2D eigenvalue weighted by atomic mass is 10.2. The van der Waals surface area contributed by atoms with Crippen molar-refractivity contribution in [2.75, 3.05) is 30.9 Å². The summed E-state index contributed by atoms with van der Waals surface area (Å²) in [6.07, 6.45) is 3.85. The van der Waals surface area contributed by atoms with E-state index in [9.17, 15) is 0 Å². The molecule has 0 radical (unpaired) electrons. The molecule has 7 nitrogen and oxygen atoms in total. The normalized spacial score (nSPS) is 19.8. The van der Waals surface area contributed by atoms with Crippen molar-refractivity contribution in [2.24, 2.45) is 0 Å². The number of ether oxygens (including phenoxy) is 1. The number of fused-ring (bicyclic) bond motifs is 1. The van der Waals surface area contributed by atoms with Crippen LogP contribution in [-0.4, -0.2) is 46.2 Å². The predicted octanol–water partition coefficient (Wildman–Crippen LogP) is 0.550. The van der Waals surface area contributed by atoms with Gasteiger partial charge in [-0.05, 0) is 12.8 Å². The van der Waals surface area contributed by atoms with Crippen LogP contribution in [0.15, 0.2) is 6.33 Å². The number of rotatable bonds is 3. The number of aromatic amines is 1. The van der Waals surface area contributed by atoms with Gasteiger partial charge in [-0.15, -0.1) is 0 Å². The number of nitrogens with one attached hydrogen (secondary N) is 1. The number of imidazole rings is 1. The molecular formula is C11H16N6O. The second kappa shape index (κ2) is 4.41. The molecule has 1 aliphatic rings. The fourth-order valence-corrected chi connectivity index (χ4v) is 2.52. The summed E-state index contributed by atoms with van der Waals surface area (Å²) in [4.78, 5) is 17.9. The topological polar surface area (TPSA) is 92.9 Å². The molecule has 18 heavy (non-hydrogen) atoms. The molecule has 3 rings (SSSR count). The van der Waals surface area contributed by atoms with Gasteiger partial charge in [-0.3, -0.25) is 0 Å². The first kappa shape index (κ1) is 11.2. The highest BCUT2D eigenvalue weighted by atomic mass is 16.5. The Bertz CT molecular complexity index is 553. The van der Waals surface area contributed by atoms with Crippen molar-refractivity contribution >= 4 is 22.9 Å². The molecule has 1 saturated heterocycles. The number of methoxy groups -OCH3 is 1. The molecule has 7 heteroatoms. The molecule has 3 N–H and O–H groups in total. The lowest BCUT2D eigenvalue weighted by Crippen LogP contribution is -2.33. The fraction of sp³-hybridized carbons (Fsp3) is 0.545. The zero-order valence-electron chi connectivity index (χ0n) is 10.3. The summed E-state index contributed by atoms with van der Waals surface area (Å²) >= 11 is 0. The van der Waals surface area contributed by atoms with E-state index >= 15 is 0 Å². The van der Waals surface area contributed by atoms with Gasteiger partial charge in [-0.1, -0.05) is 0 Å². The Kier molecular flexibility index (Phi) is 2.75. The van der Waals surface area contributed by atoms with Gasteiger partial charge in [0.15, 0.2) is 11.5 Å². The van der Waals surface area contributed by atoms with Gasteiger partial charge in [-0.2, -0.15) is 9.97 Å². The van der Waals surface area contributed by atoms with Gasteiger partial charge in [0.05, 0.1) is 19.0 Å². The van der Waals surface area contributed by atoms with E-state index in [0.29, 0.717) is 18.3 Å². The van der Waals surface area contributed by atoms with Crippen LogP contribution in [-0.2, 0) is 4.74 Å². The van der Waals surface area contributed by atoms with Gasteiger partial charge in [0.1, 0.15) is 5.52 Å². The smallest absolute Gasteiger partial charge is 0.224 e. The van der Waals surface area contributed by atoms with Crippen molar-refractivity contribution in [1.82, 2.24) is 19.9 Å². The molecule has 0 spiro atoms. The summed E-state index contributed by atoms with van der Waals surface area (Å²) in [6, 6.07) is 0.343. The second-order valence-electron chi connectivity index (χ2n) is 4.45. The Morgan fingerprint density at radius 2 is 2.44 bits per heavy atom. The number of anilines is 2. The Morgan fingerprint density at radius 3 is 3.28 bits per heavy atom. The third-order valence-corrected chi connectivity index (χ3v) is 3.29. The number of nitrogen functional groups attached to an aromatic ring is 1. The Labute approximate surface area is 104 Å². The van der Waals surface area contributed by atoms with Gasteiger partial charge in [0, 0.05) is 13.7 Å². The van der Waals surface area contributed by atoms with Crippen LogP contribution in [0.2, 0.25) is 0 Å². The Balaban J connectivity index is 2.04. The van der Waals surface area contributed by atoms with E-state index in [1.54, 1.807) is 13.4 Å². The summed E-state index contributed by atoms with van der Waals surface area (Å²) in [7, 11) is 1.72. The number of nitrogens with two attached hydrogens (primary N) is 1. The third kappa shape index (κ3) is 1.76. The zero-order valence-corrected chi connectivity index (χ0v) is 10.3. The van der Waals surface area contributed by atoms with Crippen molar-refractivity contribution in [1.29, 1.82) is 0 Å². The standard InChI is InChI=1S/C11H16N6O/c1-18-5-7-3-2-4-17(7)10-8-9(14-6-13-8)15-11(12)16-10/h6-7H,2-5H2,1H3,(H3,12,13,14,15,16)/t7-/m0/s1. The second-order valence-corrected chi connectivity index (χ2v) is 4.45. The lowest BCUT2D eigenvalue weighted by Gasteiger charge is -2.25. The van der Waals surface area contributed by atoms with E-state index in [1.165, 1.54) is 0 Å². The first-order chi connectivity index (χ1) is 8.79. The first-order valence-electron chi connectivity index (χ1n) is 6.02. The van der Waals surface area contributed by atoms with Crippen LogP contribution < -0.4 is 10.6 Å². The molecule has 3 heterocycles. The Hall–Kier alpha value is -1.89. The van der Waals surface area contributed by atoms with Crippen LogP contribution in [0.1, 0.15) is 12.8 Å². The van der Waals surface area contributed by atoms with Crippen LogP contribution in [0.25, 0.3) is 11.2 Å². The fourth-order valence-electron chi connectivity index (χ4n) is 2.52. The van der Waals surface area contributed by atoms with Crippen molar-refractivity contribution < 1.29 is 4.74 Å². The van der Waals surface area contributed by atoms with Crippen molar-refractivity contribution in [3.63, 3.8) is 0 Å². The Morgan fingerprint density at radius 1 is 1.56 bits per heavy atom. The van der Waals surface area contributed by atoms with Gasteiger partial charge in [0.25, 0.3) is 0 Å². The molecule has 1 aliphatic heterocycles. The quantitative estimate of drug-likeness (QED) is 0.824. The molecule has 0 amide bonds. The zero-order chi connectivity index (χ0) is 12.5. The maximum absolute atomic E-state index is 5.74. The highest BCUT2D eigenvalue weighted by Crippen LogP contribution is 2.28. The van der Waals surface area contributed by atoms with Crippen molar-refractivity contribution in [3.05, 3.63) is 6.33 Å².